The molecule has 5 saturated carbocycles. The zero-order chi connectivity index (χ0) is 21.4. The molecule has 168 valence electrons. The minimum Gasteiger partial charge on any atom is -0.353 e. The van der Waals surface area contributed by atoms with Gasteiger partial charge < -0.3 is 10.6 Å². The molecule has 0 heterocycles. The van der Waals surface area contributed by atoms with Crippen molar-refractivity contribution < 1.29 is 14.0 Å². The lowest BCUT2D eigenvalue weighted by Gasteiger charge is -2.54. The van der Waals surface area contributed by atoms with E-state index in [0.29, 0.717) is 37.3 Å². The quantitative estimate of drug-likeness (QED) is 0.663. The van der Waals surface area contributed by atoms with E-state index in [2.05, 4.69) is 10.6 Å². The van der Waals surface area contributed by atoms with Crippen molar-refractivity contribution >= 4 is 11.8 Å². The lowest BCUT2D eigenvalue weighted by atomic mass is 9.54. The van der Waals surface area contributed by atoms with Crippen LogP contribution in [0.3, 0.4) is 0 Å². The molecule has 0 unspecified atom stereocenters. The molecule has 0 radical (unpaired) electrons. The zero-order valence-electron chi connectivity index (χ0n) is 18.4. The molecule has 0 atom stereocenters. The van der Waals surface area contributed by atoms with E-state index in [-0.39, 0.29) is 23.0 Å². The minimum atomic E-state index is -0.273. The van der Waals surface area contributed by atoms with Crippen molar-refractivity contribution in [2.45, 2.75) is 83.2 Å². The zero-order valence-corrected chi connectivity index (χ0v) is 18.4. The third-order valence-electron chi connectivity index (χ3n) is 8.69. The first-order chi connectivity index (χ1) is 15.0. The molecule has 4 bridgehead atoms. The Morgan fingerprint density at radius 1 is 0.871 bits per heavy atom. The van der Waals surface area contributed by atoms with E-state index in [1.165, 1.54) is 44.2 Å². The molecule has 1 aromatic rings. The Morgan fingerprint density at radius 2 is 1.45 bits per heavy atom. The van der Waals surface area contributed by atoms with Crippen LogP contribution >= 0.6 is 0 Å². The van der Waals surface area contributed by atoms with Crippen LogP contribution in [-0.4, -0.2) is 17.9 Å². The lowest BCUT2D eigenvalue weighted by Crippen LogP contribution is -2.56. The Kier molecular flexibility index (Phi) is 5.78. The van der Waals surface area contributed by atoms with Crippen LogP contribution in [-0.2, 0) is 16.1 Å². The van der Waals surface area contributed by atoms with Gasteiger partial charge >= 0.3 is 0 Å². The first-order valence-electron chi connectivity index (χ1n) is 12.3. The molecule has 0 aliphatic heterocycles. The highest BCUT2D eigenvalue weighted by atomic mass is 19.1. The van der Waals surface area contributed by atoms with E-state index >= 15 is 0 Å². The number of nitrogens with one attached hydrogen (secondary N) is 2. The summed E-state index contributed by atoms with van der Waals surface area (Å²) in [4.78, 5) is 25.8. The fourth-order valence-electron chi connectivity index (χ4n) is 7.49. The number of benzene rings is 1. The van der Waals surface area contributed by atoms with Crippen LogP contribution in [0.25, 0.3) is 0 Å². The molecule has 5 aliphatic rings. The summed E-state index contributed by atoms with van der Waals surface area (Å²) in [6.45, 7) is 0.398. The number of rotatable bonds is 7. The standard InChI is InChI=1S/C26H35FN2O2/c27-22-5-3-17(4-6-22)16-28-23(30)14-26(7-1-2-8-26)15-24(31)29-25-20-10-18-9-19(12-20)13-21(25)11-18/h3-6,18-21,25H,1-2,7-16H2,(H,28,30)(H,29,31). The van der Waals surface area contributed by atoms with Crippen LogP contribution in [0.15, 0.2) is 24.3 Å². The van der Waals surface area contributed by atoms with Gasteiger partial charge in [0.05, 0.1) is 0 Å². The second-order valence-electron chi connectivity index (χ2n) is 11.0. The van der Waals surface area contributed by atoms with E-state index in [0.717, 1.165) is 43.1 Å². The Hall–Kier alpha value is -1.91. The van der Waals surface area contributed by atoms with Gasteiger partial charge in [0.1, 0.15) is 5.82 Å². The second kappa shape index (κ2) is 8.55. The highest BCUT2D eigenvalue weighted by molar-refractivity contribution is 5.80. The van der Waals surface area contributed by atoms with E-state index in [1.54, 1.807) is 12.1 Å². The highest BCUT2D eigenvalue weighted by Crippen LogP contribution is 2.54. The SMILES string of the molecule is O=C(CC1(CC(=O)NC2C3CC4CC(C3)CC2C4)CCCC1)NCc1ccc(F)cc1. The Bertz CT molecular complexity index is 787. The lowest BCUT2D eigenvalue weighted by molar-refractivity contribution is -0.129. The average Bonchev–Trinajstić information content (AvgIpc) is 3.17. The molecule has 5 aliphatic carbocycles. The predicted octanol–water partition coefficient (Wildman–Crippen LogP) is 4.72. The molecule has 0 saturated heterocycles. The van der Waals surface area contributed by atoms with Crippen molar-refractivity contribution in [1.29, 1.82) is 0 Å². The van der Waals surface area contributed by atoms with Crippen LogP contribution in [0.1, 0.15) is 76.2 Å². The summed E-state index contributed by atoms with van der Waals surface area (Å²) in [6, 6.07) is 6.58. The van der Waals surface area contributed by atoms with Crippen molar-refractivity contribution in [3.63, 3.8) is 0 Å². The molecule has 0 aromatic heterocycles. The van der Waals surface area contributed by atoms with Crippen LogP contribution in [0.5, 0.6) is 0 Å². The molecule has 4 nitrogen and oxygen atoms in total. The third kappa shape index (κ3) is 4.65. The summed E-state index contributed by atoms with van der Waals surface area (Å²) in [6.07, 6.45) is 11.6. The largest absolute Gasteiger partial charge is 0.353 e. The summed E-state index contributed by atoms with van der Waals surface area (Å²) in [7, 11) is 0. The molecular formula is C26H35FN2O2. The van der Waals surface area contributed by atoms with Crippen molar-refractivity contribution in [1.82, 2.24) is 10.6 Å². The molecule has 5 fully saturated rings. The fourth-order valence-corrected chi connectivity index (χ4v) is 7.49. The number of hydrogen-bond acceptors (Lipinski definition) is 2. The second-order valence-corrected chi connectivity index (χ2v) is 11.0. The number of carbonyl (C=O) groups excluding carboxylic acids is 2. The highest BCUT2D eigenvalue weighted by Gasteiger charge is 2.49. The number of amides is 2. The first kappa shape index (κ1) is 21.0. The van der Waals surface area contributed by atoms with Crippen LogP contribution < -0.4 is 10.6 Å². The minimum absolute atomic E-state index is 0.00588. The van der Waals surface area contributed by atoms with Gasteiger partial charge in [-0.2, -0.15) is 0 Å². The number of halogens is 1. The number of carbonyl (C=O) groups is 2. The predicted molar refractivity (Wildman–Crippen MR) is 117 cm³/mol. The molecule has 2 amide bonds. The Morgan fingerprint density at radius 3 is 2.06 bits per heavy atom. The maximum atomic E-state index is 13.1. The maximum Gasteiger partial charge on any atom is 0.220 e. The molecule has 0 spiro atoms. The summed E-state index contributed by atoms with van der Waals surface area (Å²) >= 11 is 0. The van der Waals surface area contributed by atoms with Gasteiger partial charge in [-0.05, 0) is 91.7 Å². The van der Waals surface area contributed by atoms with Gasteiger partial charge in [0.15, 0.2) is 0 Å². The molecule has 1 aromatic carbocycles. The summed E-state index contributed by atoms with van der Waals surface area (Å²) in [5.74, 6) is 3.05. The molecular weight excluding hydrogens is 391 g/mol. The first-order valence-corrected chi connectivity index (χ1v) is 12.3. The number of hydrogen-bond donors (Lipinski definition) is 2. The van der Waals surface area contributed by atoms with Gasteiger partial charge in [-0.25, -0.2) is 4.39 Å². The average molecular weight is 427 g/mol. The normalized spacial score (nSPS) is 32.7. The van der Waals surface area contributed by atoms with Crippen molar-refractivity contribution in [3.8, 4) is 0 Å². The summed E-state index contributed by atoms with van der Waals surface area (Å²) < 4.78 is 13.1. The Labute approximate surface area is 184 Å². The maximum absolute atomic E-state index is 13.1. The van der Waals surface area contributed by atoms with Gasteiger partial charge in [-0.1, -0.05) is 25.0 Å². The molecule has 2 N–H and O–H groups in total. The fraction of sp³-hybridized carbons (Fsp3) is 0.692. The molecule has 31 heavy (non-hydrogen) atoms. The topological polar surface area (TPSA) is 58.2 Å². The van der Waals surface area contributed by atoms with Gasteiger partial charge in [-0.15, -0.1) is 0 Å². The van der Waals surface area contributed by atoms with Crippen LogP contribution in [0.4, 0.5) is 4.39 Å². The smallest absolute Gasteiger partial charge is 0.220 e. The van der Waals surface area contributed by atoms with Crippen molar-refractivity contribution in [3.05, 3.63) is 35.6 Å². The van der Waals surface area contributed by atoms with Crippen LogP contribution in [0.2, 0.25) is 0 Å². The summed E-state index contributed by atoms with van der Waals surface area (Å²) in [5, 5.41) is 6.42. The monoisotopic (exact) mass is 426 g/mol. The van der Waals surface area contributed by atoms with Crippen molar-refractivity contribution in [2.24, 2.45) is 29.1 Å². The Balaban J connectivity index is 1.16. The van der Waals surface area contributed by atoms with Crippen LogP contribution in [0, 0.1) is 34.9 Å². The van der Waals surface area contributed by atoms with E-state index in [4.69, 9.17) is 0 Å². The van der Waals surface area contributed by atoms with Crippen molar-refractivity contribution in [2.75, 3.05) is 0 Å². The van der Waals surface area contributed by atoms with E-state index in [9.17, 15) is 14.0 Å². The van der Waals surface area contributed by atoms with E-state index < -0.39 is 0 Å². The molecule has 5 heteroatoms. The van der Waals surface area contributed by atoms with Gasteiger partial charge in [0.2, 0.25) is 11.8 Å². The van der Waals surface area contributed by atoms with E-state index in [1.807, 2.05) is 0 Å². The van der Waals surface area contributed by atoms with Gasteiger partial charge in [0, 0.05) is 25.4 Å². The molecule has 6 rings (SSSR count). The summed E-state index contributed by atoms with van der Waals surface area (Å²) in [5.41, 5.74) is 0.679. The van der Waals surface area contributed by atoms with Gasteiger partial charge in [0.25, 0.3) is 0 Å². The van der Waals surface area contributed by atoms with Gasteiger partial charge in [-0.3, -0.25) is 9.59 Å². The third-order valence-corrected chi connectivity index (χ3v) is 8.69.